The molecule has 2 fully saturated rings. The van der Waals surface area contributed by atoms with Crippen LogP contribution >= 0.6 is 0 Å². The summed E-state index contributed by atoms with van der Waals surface area (Å²) in [5.41, 5.74) is 3.14. The number of para-hydroxylation sites is 1. The molecule has 5 nitrogen and oxygen atoms in total. The van der Waals surface area contributed by atoms with Gasteiger partial charge >= 0.3 is 5.97 Å². The minimum Gasteiger partial charge on any atom is -0.481 e. The number of carbonyl (C=O) groups excluding carboxylic acids is 1. The molecule has 1 aromatic carbocycles. The molecule has 27 heavy (non-hydrogen) atoms. The monoisotopic (exact) mass is 368 g/mol. The second-order valence-corrected chi connectivity index (χ2v) is 8.21. The number of hydrogen-bond donors (Lipinski definition) is 2. The van der Waals surface area contributed by atoms with Crippen molar-refractivity contribution in [3.8, 4) is 0 Å². The lowest BCUT2D eigenvalue weighted by Crippen LogP contribution is -2.45. The molecule has 2 heterocycles. The van der Waals surface area contributed by atoms with Crippen LogP contribution in [0.4, 0.5) is 0 Å². The highest BCUT2D eigenvalue weighted by molar-refractivity contribution is 5.87. The number of rotatable bonds is 5. The van der Waals surface area contributed by atoms with Gasteiger partial charge in [-0.3, -0.25) is 9.59 Å². The van der Waals surface area contributed by atoms with Gasteiger partial charge in [0.05, 0.1) is 5.41 Å². The van der Waals surface area contributed by atoms with Gasteiger partial charge in [0.25, 0.3) is 0 Å². The number of fused-ring (bicyclic) bond motifs is 1. The van der Waals surface area contributed by atoms with Crippen LogP contribution in [-0.2, 0) is 16.0 Å². The molecule has 2 aliphatic rings. The van der Waals surface area contributed by atoms with Crippen molar-refractivity contribution < 1.29 is 14.7 Å². The third-order valence-corrected chi connectivity index (χ3v) is 6.76. The van der Waals surface area contributed by atoms with E-state index in [0.717, 1.165) is 38.8 Å². The summed E-state index contributed by atoms with van der Waals surface area (Å²) in [7, 11) is 0. The number of aliphatic carboxylic acids is 1. The van der Waals surface area contributed by atoms with Gasteiger partial charge < -0.3 is 15.0 Å². The summed E-state index contributed by atoms with van der Waals surface area (Å²) in [5.74, 6) is -0.336. The summed E-state index contributed by atoms with van der Waals surface area (Å²) in [4.78, 5) is 29.5. The lowest BCUT2D eigenvalue weighted by atomic mass is 9.66. The number of piperidine rings is 1. The van der Waals surface area contributed by atoms with Gasteiger partial charge in [-0.25, -0.2) is 0 Å². The Kier molecular flexibility index (Phi) is 4.70. The van der Waals surface area contributed by atoms with Gasteiger partial charge in [0.2, 0.25) is 5.91 Å². The van der Waals surface area contributed by atoms with Crippen molar-refractivity contribution in [3.05, 3.63) is 35.5 Å². The number of carboxylic acid groups (broad SMARTS) is 1. The van der Waals surface area contributed by atoms with E-state index in [1.54, 1.807) is 0 Å². The van der Waals surface area contributed by atoms with E-state index in [0.29, 0.717) is 18.8 Å². The largest absolute Gasteiger partial charge is 0.481 e. The number of amides is 1. The maximum absolute atomic E-state index is 12.7. The van der Waals surface area contributed by atoms with Crippen LogP contribution in [0.5, 0.6) is 0 Å². The highest BCUT2D eigenvalue weighted by Gasteiger charge is 2.46. The first kappa shape index (κ1) is 18.1. The Morgan fingerprint density at radius 3 is 2.59 bits per heavy atom. The Labute approximate surface area is 159 Å². The van der Waals surface area contributed by atoms with Gasteiger partial charge in [-0.05, 0) is 49.1 Å². The summed E-state index contributed by atoms with van der Waals surface area (Å²) < 4.78 is 0. The number of nitrogens with one attached hydrogen (secondary N) is 1. The smallest absolute Gasteiger partial charge is 0.310 e. The SMILES string of the molecule is CCc1cccc2c(C3CCN(C(=O)CC4(C(=O)O)CCC4)CC3)c[nH]c12. The van der Waals surface area contributed by atoms with E-state index in [2.05, 4.69) is 36.3 Å². The number of H-pyrrole nitrogens is 1. The highest BCUT2D eigenvalue weighted by Crippen LogP contribution is 2.45. The molecular weight excluding hydrogens is 340 g/mol. The molecule has 1 aliphatic heterocycles. The zero-order valence-corrected chi connectivity index (χ0v) is 16.0. The quantitative estimate of drug-likeness (QED) is 0.835. The maximum Gasteiger partial charge on any atom is 0.310 e. The summed E-state index contributed by atoms with van der Waals surface area (Å²) >= 11 is 0. The molecule has 5 heteroatoms. The predicted octanol–water partition coefficient (Wildman–Crippen LogP) is 4.08. The van der Waals surface area contributed by atoms with Crippen molar-refractivity contribution in [1.29, 1.82) is 0 Å². The molecule has 0 bridgehead atoms. The minimum absolute atomic E-state index is 0.0164. The molecule has 1 saturated heterocycles. The van der Waals surface area contributed by atoms with E-state index in [-0.39, 0.29) is 12.3 Å². The first-order chi connectivity index (χ1) is 13.0. The first-order valence-corrected chi connectivity index (χ1v) is 10.1. The topological polar surface area (TPSA) is 73.4 Å². The van der Waals surface area contributed by atoms with Crippen molar-refractivity contribution in [2.75, 3.05) is 13.1 Å². The van der Waals surface area contributed by atoms with Crippen molar-refractivity contribution in [2.45, 2.75) is 57.8 Å². The van der Waals surface area contributed by atoms with Gasteiger partial charge in [0, 0.05) is 36.6 Å². The molecule has 2 aromatic rings. The minimum atomic E-state index is -0.803. The average Bonchev–Trinajstić information content (AvgIpc) is 3.08. The lowest BCUT2D eigenvalue weighted by Gasteiger charge is -2.39. The standard InChI is InChI=1S/C22H28N2O3/c1-2-15-5-3-6-17-18(14-23-20(15)17)16-7-11-24(12-8-16)19(25)13-22(21(26)27)9-4-10-22/h3,5-6,14,16,23H,2,4,7-13H2,1H3,(H,26,27). The van der Waals surface area contributed by atoms with Crippen LogP contribution in [-0.4, -0.2) is 40.0 Å². The molecule has 1 aromatic heterocycles. The van der Waals surface area contributed by atoms with E-state index < -0.39 is 11.4 Å². The van der Waals surface area contributed by atoms with Crippen LogP contribution in [0.1, 0.15) is 62.5 Å². The van der Waals surface area contributed by atoms with E-state index in [4.69, 9.17) is 0 Å². The fourth-order valence-corrected chi connectivity index (χ4v) is 4.78. The molecule has 144 valence electrons. The Morgan fingerprint density at radius 1 is 1.26 bits per heavy atom. The van der Waals surface area contributed by atoms with Crippen molar-refractivity contribution in [1.82, 2.24) is 9.88 Å². The molecule has 1 aliphatic carbocycles. The van der Waals surface area contributed by atoms with Crippen LogP contribution in [0.3, 0.4) is 0 Å². The third kappa shape index (κ3) is 3.13. The van der Waals surface area contributed by atoms with Gasteiger partial charge in [-0.2, -0.15) is 0 Å². The number of benzene rings is 1. The first-order valence-electron chi connectivity index (χ1n) is 10.1. The Morgan fingerprint density at radius 2 is 2.00 bits per heavy atom. The normalized spacial score (nSPS) is 19.8. The summed E-state index contributed by atoms with van der Waals surface area (Å²) in [5, 5.41) is 10.8. The zero-order valence-electron chi connectivity index (χ0n) is 16.0. The van der Waals surface area contributed by atoms with Gasteiger partial charge in [-0.1, -0.05) is 31.5 Å². The fraction of sp³-hybridized carbons (Fsp3) is 0.545. The summed E-state index contributed by atoms with van der Waals surface area (Å²) in [6, 6.07) is 6.48. The van der Waals surface area contributed by atoms with Crippen molar-refractivity contribution >= 4 is 22.8 Å². The second kappa shape index (κ2) is 7.02. The van der Waals surface area contributed by atoms with Crippen LogP contribution < -0.4 is 0 Å². The molecule has 4 rings (SSSR count). The summed E-state index contributed by atoms with van der Waals surface area (Å²) in [6.07, 6.45) is 7.39. The number of aryl methyl sites for hydroxylation is 1. The number of hydrogen-bond acceptors (Lipinski definition) is 2. The van der Waals surface area contributed by atoms with Crippen molar-refractivity contribution in [3.63, 3.8) is 0 Å². The average molecular weight is 368 g/mol. The van der Waals surface area contributed by atoms with Crippen LogP contribution in [0.25, 0.3) is 10.9 Å². The van der Waals surface area contributed by atoms with E-state index in [9.17, 15) is 14.7 Å². The summed E-state index contributed by atoms with van der Waals surface area (Å²) in [6.45, 7) is 3.62. The van der Waals surface area contributed by atoms with E-state index in [1.807, 2.05) is 4.90 Å². The van der Waals surface area contributed by atoms with E-state index >= 15 is 0 Å². The molecule has 0 unspecified atom stereocenters. The number of carboxylic acids is 1. The lowest BCUT2D eigenvalue weighted by molar-refractivity contribution is -0.159. The molecule has 1 saturated carbocycles. The Hall–Kier alpha value is -2.30. The Bertz CT molecular complexity index is 858. The third-order valence-electron chi connectivity index (χ3n) is 6.76. The van der Waals surface area contributed by atoms with Crippen LogP contribution in [0.15, 0.2) is 24.4 Å². The number of aromatic nitrogens is 1. The number of carbonyl (C=O) groups is 2. The zero-order chi connectivity index (χ0) is 19.0. The molecule has 2 N–H and O–H groups in total. The molecule has 0 atom stereocenters. The fourth-order valence-electron chi connectivity index (χ4n) is 4.78. The molecule has 0 radical (unpaired) electrons. The van der Waals surface area contributed by atoms with Crippen molar-refractivity contribution in [2.24, 2.45) is 5.41 Å². The molecule has 1 amide bonds. The van der Waals surface area contributed by atoms with Crippen LogP contribution in [0, 0.1) is 5.41 Å². The predicted molar refractivity (Wildman–Crippen MR) is 105 cm³/mol. The highest BCUT2D eigenvalue weighted by atomic mass is 16.4. The number of nitrogens with zero attached hydrogens (tertiary/aromatic N) is 1. The van der Waals surface area contributed by atoms with Gasteiger partial charge in [-0.15, -0.1) is 0 Å². The maximum atomic E-state index is 12.7. The second-order valence-electron chi connectivity index (χ2n) is 8.21. The molecular formula is C22H28N2O3. The van der Waals surface area contributed by atoms with Crippen LogP contribution in [0.2, 0.25) is 0 Å². The van der Waals surface area contributed by atoms with Gasteiger partial charge in [0.15, 0.2) is 0 Å². The van der Waals surface area contributed by atoms with E-state index in [1.165, 1.54) is 22.0 Å². The Balaban J connectivity index is 1.42. The molecule has 0 spiro atoms. The van der Waals surface area contributed by atoms with Gasteiger partial charge in [0.1, 0.15) is 0 Å². The number of aromatic amines is 1. The number of likely N-dealkylation sites (tertiary alicyclic amines) is 1.